The van der Waals surface area contributed by atoms with Gasteiger partial charge in [-0.3, -0.25) is 4.79 Å². The third-order valence-electron chi connectivity index (χ3n) is 3.07. The van der Waals surface area contributed by atoms with Crippen molar-refractivity contribution in [3.63, 3.8) is 0 Å². The first-order valence-corrected chi connectivity index (χ1v) is 6.74. The van der Waals surface area contributed by atoms with E-state index in [4.69, 9.17) is 0 Å². The molecular weight excluding hydrogens is 242 g/mol. The fourth-order valence-electron chi connectivity index (χ4n) is 2.10. The second-order valence-corrected chi connectivity index (χ2v) is 5.30. The third-order valence-corrected chi connectivity index (χ3v) is 4.08. The second-order valence-electron chi connectivity index (χ2n) is 4.39. The van der Waals surface area contributed by atoms with Crippen LogP contribution in [0.2, 0.25) is 0 Å². The van der Waals surface area contributed by atoms with Gasteiger partial charge in [0.1, 0.15) is 0 Å². The molecule has 0 amide bonds. The second kappa shape index (κ2) is 4.42. The van der Waals surface area contributed by atoms with E-state index in [2.05, 4.69) is 34.2 Å². The van der Waals surface area contributed by atoms with Crippen molar-refractivity contribution >= 4 is 27.2 Å². The van der Waals surface area contributed by atoms with Gasteiger partial charge < -0.3 is 4.57 Å². The molecule has 0 aliphatic heterocycles. The number of Topliss-reactive ketones (excluding diaryl/α,β-unsaturated/α-hetero) is 1. The SMILES string of the molecule is CC(=O)c1ccn(Cc2csc3ccccc23)c1. The van der Waals surface area contributed by atoms with Crippen LogP contribution in [0.3, 0.4) is 0 Å². The Morgan fingerprint density at radius 1 is 1.28 bits per heavy atom. The first-order chi connectivity index (χ1) is 8.74. The predicted octanol–water partition coefficient (Wildman–Crippen LogP) is 3.95. The number of nitrogens with zero attached hydrogens (tertiary/aromatic N) is 1. The van der Waals surface area contributed by atoms with Crippen LogP contribution < -0.4 is 0 Å². The zero-order valence-corrected chi connectivity index (χ0v) is 10.9. The van der Waals surface area contributed by atoms with E-state index < -0.39 is 0 Å². The molecule has 0 bridgehead atoms. The average molecular weight is 255 g/mol. The molecule has 18 heavy (non-hydrogen) atoms. The number of ketones is 1. The maximum absolute atomic E-state index is 11.3. The van der Waals surface area contributed by atoms with E-state index in [-0.39, 0.29) is 5.78 Å². The van der Waals surface area contributed by atoms with Gasteiger partial charge in [0, 0.05) is 29.2 Å². The molecular formula is C15H13NOS. The Morgan fingerprint density at radius 3 is 2.89 bits per heavy atom. The molecule has 2 aromatic heterocycles. The molecule has 1 aromatic carbocycles. The lowest BCUT2D eigenvalue weighted by molar-refractivity contribution is 0.101. The van der Waals surface area contributed by atoms with Gasteiger partial charge in [-0.15, -0.1) is 11.3 Å². The summed E-state index contributed by atoms with van der Waals surface area (Å²) in [5.74, 6) is 0.115. The van der Waals surface area contributed by atoms with Crippen LogP contribution in [0, 0.1) is 0 Å². The van der Waals surface area contributed by atoms with Gasteiger partial charge in [-0.05, 0) is 35.4 Å². The Bertz CT molecular complexity index is 708. The number of carbonyl (C=O) groups excluding carboxylic acids is 1. The molecule has 0 saturated heterocycles. The lowest BCUT2D eigenvalue weighted by Gasteiger charge is -2.01. The van der Waals surface area contributed by atoms with Crippen molar-refractivity contribution in [2.24, 2.45) is 0 Å². The van der Waals surface area contributed by atoms with Gasteiger partial charge in [-0.2, -0.15) is 0 Å². The predicted molar refractivity (Wildman–Crippen MR) is 75.4 cm³/mol. The molecule has 0 saturated carbocycles. The van der Waals surface area contributed by atoms with E-state index in [1.807, 2.05) is 18.5 Å². The normalized spacial score (nSPS) is 10.9. The number of hydrogen-bond donors (Lipinski definition) is 0. The van der Waals surface area contributed by atoms with Gasteiger partial charge in [-0.25, -0.2) is 0 Å². The molecule has 3 heteroatoms. The van der Waals surface area contributed by atoms with Crippen molar-refractivity contribution in [2.75, 3.05) is 0 Å². The minimum Gasteiger partial charge on any atom is -0.349 e. The van der Waals surface area contributed by atoms with Crippen molar-refractivity contribution in [1.29, 1.82) is 0 Å². The van der Waals surface area contributed by atoms with Gasteiger partial charge in [0.25, 0.3) is 0 Å². The number of aromatic nitrogens is 1. The van der Waals surface area contributed by atoms with Crippen LogP contribution in [0.15, 0.2) is 48.1 Å². The van der Waals surface area contributed by atoms with Crippen molar-refractivity contribution in [3.8, 4) is 0 Å². The van der Waals surface area contributed by atoms with E-state index in [0.29, 0.717) is 0 Å². The van der Waals surface area contributed by atoms with Crippen LogP contribution in [-0.2, 0) is 6.54 Å². The molecule has 3 aromatic rings. The number of fused-ring (bicyclic) bond motifs is 1. The zero-order chi connectivity index (χ0) is 12.5. The summed E-state index contributed by atoms with van der Waals surface area (Å²) in [6.07, 6.45) is 3.87. The smallest absolute Gasteiger partial charge is 0.161 e. The van der Waals surface area contributed by atoms with Gasteiger partial charge in [0.15, 0.2) is 5.78 Å². The topological polar surface area (TPSA) is 22.0 Å². The van der Waals surface area contributed by atoms with Crippen LogP contribution in [0.25, 0.3) is 10.1 Å². The third kappa shape index (κ3) is 1.97. The highest BCUT2D eigenvalue weighted by Crippen LogP contribution is 2.26. The summed E-state index contributed by atoms with van der Waals surface area (Å²) in [5.41, 5.74) is 2.08. The largest absolute Gasteiger partial charge is 0.349 e. The van der Waals surface area contributed by atoms with E-state index in [9.17, 15) is 4.79 Å². The van der Waals surface area contributed by atoms with Gasteiger partial charge in [-0.1, -0.05) is 18.2 Å². The standard InChI is InChI=1S/C15H13NOS/c1-11(17)12-6-7-16(8-12)9-13-10-18-15-5-3-2-4-14(13)15/h2-8,10H,9H2,1H3. The van der Waals surface area contributed by atoms with E-state index >= 15 is 0 Å². The Kier molecular flexibility index (Phi) is 2.76. The maximum Gasteiger partial charge on any atom is 0.161 e. The minimum atomic E-state index is 0.115. The summed E-state index contributed by atoms with van der Waals surface area (Å²) < 4.78 is 3.37. The monoisotopic (exact) mass is 255 g/mol. The molecule has 90 valence electrons. The lowest BCUT2D eigenvalue weighted by Crippen LogP contribution is -1.96. The molecule has 0 spiro atoms. The Balaban J connectivity index is 1.93. The molecule has 0 aliphatic carbocycles. The maximum atomic E-state index is 11.3. The quantitative estimate of drug-likeness (QED) is 0.649. The number of rotatable bonds is 3. The number of carbonyl (C=O) groups is 1. The van der Waals surface area contributed by atoms with Crippen molar-refractivity contribution < 1.29 is 4.79 Å². The van der Waals surface area contributed by atoms with Gasteiger partial charge in [0.2, 0.25) is 0 Å². The summed E-state index contributed by atoms with van der Waals surface area (Å²) >= 11 is 1.77. The number of benzene rings is 1. The molecule has 0 radical (unpaired) electrons. The Labute approximate surface area is 109 Å². The minimum absolute atomic E-state index is 0.115. The number of hydrogen-bond acceptors (Lipinski definition) is 2. The average Bonchev–Trinajstić information content (AvgIpc) is 2.98. The summed E-state index contributed by atoms with van der Waals surface area (Å²) in [6, 6.07) is 10.3. The van der Waals surface area contributed by atoms with Gasteiger partial charge >= 0.3 is 0 Å². The van der Waals surface area contributed by atoms with Crippen LogP contribution in [-0.4, -0.2) is 10.4 Å². The summed E-state index contributed by atoms with van der Waals surface area (Å²) in [7, 11) is 0. The molecule has 0 aliphatic rings. The fraction of sp³-hybridized carbons (Fsp3) is 0.133. The highest BCUT2D eigenvalue weighted by atomic mass is 32.1. The van der Waals surface area contributed by atoms with Crippen LogP contribution >= 0.6 is 11.3 Å². The molecule has 0 fully saturated rings. The number of thiophene rings is 1. The highest BCUT2D eigenvalue weighted by molar-refractivity contribution is 7.17. The van der Waals surface area contributed by atoms with E-state index in [1.165, 1.54) is 15.6 Å². The zero-order valence-electron chi connectivity index (χ0n) is 10.1. The first-order valence-electron chi connectivity index (χ1n) is 5.86. The highest BCUT2D eigenvalue weighted by Gasteiger charge is 2.05. The summed E-state index contributed by atoms with van der Waals surface area (Å²) in [4.78, 5) is 11.3. The molecule has 2 heterocycles. The molecule has 0 unspecified atom stereocenters. The van der Waals surface area contributed by atoms with Gasteiger partial charge in [0.05, 0.1) is 0 Å². The first kappa shape index (κ1) is 11.2. The summed E-state index contributed by atoms with van der Waals surface area (Å²) in [5, 5.41) is 3.50. The summed E-state index contributed by atoms with van der Waals surface area (Å²) in [6.45, 7) is 2.41. The van der Waals surface area contributed by atoms with E-state index in [0.717, 1.165) is 12.1 Å². The van der Waals surface area contributed by atoms with Crippen molar-refractivity contribution in [1.82, 2.24) is 4.57 Å². The molecule has 2 nitrogen and oxygen atoms in total. The fourth-order valence-corrected chi connectivity index (χ4v) is 3.05. The molecule has 3 rings (SSSR count). The van der Waals surface area contributed by atoms with Crippen LogP contribution in [0.5, 0.6) is 0 Å². The van der Waals surface area contributed by atoms with Crippen LogP contribution in [0.4, 0.5) is 0 Å². The van der Waals surface area contributed by atoms with Crippen molar-refractivity contribution in [2.45, 2.75) is 13.5 Å². The Morgan fingerprint density at radius 2 is 2.11 bits per heavy atom. The van der Waals surface area contributed by atoms with E-state index in [1.54, 1.807) is 18.3 Å². The lowest BCUT2D eigenvalue weighted by atomic mass is 10.2. The van der Waals surface area contributed by atoms with Crippen LogP contribution in [0.1, 0.15) is 22.8 Å². The van der Waals surface area contributed by atoms with Crippen molar-refractivity contribution in [3.05, 3.63) is 59.2 Å². The molecule has 0 atom stereocenters. The Hall–Kier alpha value is -1.87. The molecule has 0 N–H and O–H groups in total.